The van der Waals surface area contributed by atoms with Crippen molar-refractivity contribution in [2.75, 3.05) is 27.2 Å². The fourth-order valence-electron chi connectivity index (χ4n) is 3.24. The molecule has 29 heavy (non-hydrogen) atoms. The summed E-state index contributed by atoms with van der Waals surface area (Å²) in [6.07, 6.45) is 12.2. The van der Waals surface area contributed by atoms with Gasteiger partial charge in [-0.25, -0.2) is 9.37 Å². The van der Waals surface area contributed by atoms with E-state index in [-0.39, 0.29) is 0 Å². The molecular formula is C23H32FN5. The van der Waals surface area contributed by atoms with E-state index in [9.17, 15) is 4.39 Å². The highest BCUT2D eigenvalue weighted by atomic mass is 19.1. The van der Waals surface area contributed by atoms with Gasteiger partial charge >= 0.3 is 0 Å². The molecule has 2 aliphatic rings. The van der Waals surface area contributed by atoms with Crippen LogP contribution in [0.2, 0.25) is 0 Å². The van der Waals surface area contributed by atoms with Crippen LogP contribution >= 0.6 is 0 Å². The number of nitrogens with two attached hydrogens (primary N) is 1. The molecule has 2 aromatic rings. The molecule has 0 amide bonds. The smallest absolute Gasteiger partial charge is 0.144 e. The Kier molecular flexibility index (Phi) is 8.96. The highest BCUT2D eigenvalue weighted by molar-refractivity contribution is 5.97. The standard InChI is InChI=1S/C16H15N3.C6H12FN.CH5N/c1-3-12-9-13-7-8-19(16(13)18-10-12)15-6-5-14(4-2)17-11-15;1-8-4-2-6(7)3-5-8;1-2/h3-4,7-11H,1-2,5-6H2;6H,2-5H2,1H3;2H2,1H3. The summed E-state index contributed by atoms with van der Waals surface area (Å²) in [6.45, 7) is 9.38. The minimum Gasteiger partial charge on any atom is -0.333 e. The molecule has 0 saturated carbocycles. The molecule has 0 unspecified atom stereocenters. The first-order valence-corrected chi connectivity index (χ1v) is 9.99. The fourth-order valence-corrected chi connectivity index (χ4v) is 3.24. The molecule has 2 aliphatic heterocycles. The van der Waals surface area contributed by atoms with Gasteiger partial charge in [0, 0.05) is 48.5 Å². The third kappa shape index (κ3) is 6.21. The normalized spacial score (nSPS) is 17.2. The number of alkyl halides is 1. The third-order valence-corrected chi connectivity index (χ3v) is 4.99. The SMILES string of the molecule is C=CC1=NC=C(n2ccc3cc(C=C)cnc32)CC1.CN.CN1CCC(F)CC1. The molecule has 5 nitrogen and oxygen atoms in total. The van der Waals surface area contributed by atoms with Gasteiger partial charge in [-0.1, -0.05) is 19.2 Å². The maximum atomic E-state index is 12.3. The van der Waals surface area contributed by atoms with E-state index in [1.165, 1.54) is 12.7 Å². The summed E-state index contributed by atoms with van der Waals surface area (Å²) in [5, 5.41) is 1.12. The zero-order valence-electron chi connectivity index (χ0n) is 17.5. The van der Waals surface area contributed by atoms with Crippen LogP contribution in [0.25, 0.3) is 22.8 Å². The van der Waals surface area contributed by atoms with Crippen LogP contribution in [0, 0.1) is 0 Å². The van der Waals surface area contributed by atoms with Gasteiger partial charge in [0.1, 0.15) is 11.8 Å². The number of halogens is 1. The number of nitrogens with zero attached hydrogens (tertiary/aromatic N) is 4. The number of fused-ring (bicyclic) bond motifs is 1. The zero-order chi connectivity index (χ0) is 21.2. The Bertz CT molecular complexity index is 863. The van der Waals surface area contributed by atoms with E-state index in [0.29, 0.717) is 0 Å². The molecule has 0 aliphatic carbocycles. The average molecular weight is 398 g/mol. The highest BCUT2D eigenvalue weighted by Crippen LogP contribution is 2.24. The predicted octanol–water partition coefficient (Wildman–Crippen LogP) is 4.52. The van der Waals surface area contributed by atoms with Gasteiger partial charge < -0.3 is 15.2 Å². The maximum Gasteiger partial charge on any atom is 0.144 e. The van der Waals surface area contributed by atoms with E-state index < -0.39 is 6.17 Å². The second-order valence-corrected chi connectivity index (χ2v) is 6.99. The van der Waals surface area contributed by atoms with Gasteiger partial charge in [-0.05, 0) is 63.6 Å². The Morgan fingerprint density at radius 2 is 1.90 bits per heavy atom. The van der Waals surface area contributed by atoms with Crippen LogP contribution in [-0.4, -0.2) is 53.5 Å². The summed E-state index contributed by atoms with van der Waals surface area (Å²) in [5.41, 5.74) is 8.71. The molecule has 1 fully saturated rings. The van der Waals surface area contributed by atoms with Crippen LogP contribution < -0.4 is 5.73 Å². The number of aliphatic imine (C=N–C) groups is 1. The summed E-state index contributed by atoms with van der Waals surface area (Å²) >= 11 is 0. The molecule has 0 spiro atoms. The molecule has 0 bridgehead atoms. The Morgan fingerprint density at radius 3 is 2.45 bits per heavy atom. The van der Waals surface area contributed by atoms with Crippen LogP contribution in [0.15, 0.2) is 55.0 Å². The van der Waals surface area contributed by atoms with Gasteiger partial charge in [0.05, 0.1) is 0 Å². The molecule has 4 heterocycles. The fraction of sp³-hybridized carbons (Fsp3) is 0.391. The molecule has 1 saturated heterocycles. The van der Waals surface area contributed by atoms with Gasteiger partial charge in [-0.2, -0.15) is 0 Å². The molecule has 0 atom stereocenters. The van der Waals surface area contributed by atoms with Crippen molar-refractivity contribution in [1.82, 2.24) is 14.5 Å². The summed E-state index contributed by atoms with van der Waals surface area (Å²) < 4.78 is 14.4. The second-order valence-electron chi connectivity index (χ2n) is 6.99. The molecule has 0 aromatic carbocycles. The van der Waals surface area contributed by atoms with E-state index in [4.69, 9.17) is 0 Å². The zero-order valence-corrected chi connectivity index (χ0v) is 17.5. The van der Waals surface area contributed by atoms with E-state index in [0.717, 1.165) is 61.1 Å². The monoisotopic (exact) mass is 397 g/mol. The van der Waals surface area contributed by atoms with Crippen LogP contribution in [0.3, 0.4) is 0 Å². The number of allylic oxidation sites excluding steroid dienone is 2. The molecule has 4 rings (SSSR count). The van der Waals surface area contributed by atoms with Crippen molar-refractivity contribution in [2.24, 2.45) is 10.7 Å². The number of likely N-dealkylation sites (tertiary alicyclic amines) is 1. The lowest BCUT2D eigenvalue weighted by Gasteiger charge is -2.23. The molecule has 0 radical (unpaired) electrons. The largest absolute Gasteiger partial charge is 0.333 e. The number of aromatic nitrogens is 2. The van der Waals surface area contributed by atoms with Gasteiger partial charge in [0.25, 0.3) is 0 Å². The Morgan fingerprint density at radius 1 is 1.17 bits per heavy atom. The third-order valence-electron chi connectivity index (χ3n) is 4.99. The van der Waals surface area contributed by atoms with Crippen LogP contribution in [0.5, 0.6) is 0 Å². The highest BCUT2D eigenvalue weighted by Gasteiger charge is 2.14. The number of rotatable bonds is 3. The molecular weight excluding hydrogens is 365 g/mol. The Hall–Kier alpha value is -2.57. The van der Waals surface area contributed by atoms with Crippen molar-refractivity contribution in [3.05, 3.63) is 55.5 Å². The van der Waals surface area contributed by atoms with Crippen molar-refractivity contribution in [2.45, 2.75) is 31.9 Å². The topological polar surface area (TPSA) is 59.4 Å². The quantitative estimate of drug-likeness (QED) is 0.828. The predicted molar refractivity (Wildman–Crippen MR) is 123 cm³/mol. The van der Waals surface area contributed by atoms with Crippen LogP contribution in [0.1, 0.15) is 31.2 Å². The van der Waals surface area contributed by atoms with Crippen molar-refractivity contribution in [3.63, 3.8) is 0 Å². The Labute approximate surface area is 173 Å². The number of hydrogen-bond donors (Lipinski definition) is 1. The minimum atomic E-state index is -0.522. The number of hydrogen-bond acceptors (Lipinski definition) is 4. The lowest BCUT2D eigenvalue weighted by molar-refractivity contribution is 0.174. The number of piperidine rings is 1. The van der Waals surface area contributed by atoms with E-state index in [1.807, 2.05) is 37.8 Å². The van der Waals surface area contributed by atoms with Crippen molar-refractivity contribution < 1.29 is 4.39 Å². The van der Waals surface area contributed by atoms with Gasteiger partial charge in [-0.15, -0.1) is 0 Å². The maximum absolute atomic E-state index is 12.3. The summed E-state index contributed by atoms with van der Waals surface area (Å²) in [4.78, 5) is 11.1. The molecule has 6 heteroatoms. The second kappa shape index (κ2) is 11.4. The van der Waals surface area contributed by atoms with E-state index in [2.05, 4.69) is 50.5 Å². The van der Waals surface area contributed by atoms with E-state index >= 15 is 0 Å². The Balaban J connectivity index is 0.000000252. The minimum absolute atomic E-state index is 0.522. The van der Waals surface area contributed by atoms with Crippen molar-refractivity contribution in [3.8, 4) is 0 Å². The molecule has 2 aromatic heterocycles. The van der Waals surface area contributed by atoms with Gasteiger partial charge in [0.2, 0.25) is 0 Å². The first-order valence-electron chi connectivity index (χ1n) is 9.99. The van der Waals surface area contributed by atoms with Crippen LogP contribution in [-0.2, 0) is 0 Å². The number of pyridine rings is 1. The summed E-state index contributed by atoms with van der Waals surface area (Å²) in [5.74, 6) is 0. The molecule has 2 N–H and O–H groups in total. The lowest BCUT2D eigenvalue weighted by atomic mass is 10.1. The summed E-state index contributed by atoms with van der Waals surface area (Å²) in [6, 6.07) is 4.16. The van der Waals surface area contributed by atoms with Gasteiger partial charge in [0.15, 0.2) is 0 Å². The van der Waals surface area contributed by atoms with Crippen LogP contribution in [0.4, 0.5) is 4.39 Å². The molecule has 156 valence electrons. The first-order chi connectivity index (χ1) is 14.1. The lowest BCUT2D eigenvalue weighted by Crippen LogP contribution is -2.30. The van der Waals surface area contributed by atoms with Crippen molar-refractivity contribution >= 4 is 28.5 Å². The van der Waals surface area contributed by atoms with Crippen molar-refractivity contribution in [1.29, 1.82) is 0 Å². The average Bonchev–Trinajstić information content (AvgIpc) is 3.21. The first kappa shape index (κ1) is 22.7. The summed E-state index contributed by atoms with van der Waals surface area (Å²) in [7, 11) is 3.53. The van der Waals surface area contributed by atoms with Gasteiger partial charge in [-0.3, -0.25) is 4.99 Å². The van der Waals surface area contributed by atoms with E-state index in [1.54, 1.807) is 0 Å².